The quantitative estimate of drug-likeness (QED) is 0.459. The number of nitrogens with two attached hydrogens (primary N) is 2. The zero-order valence-electron chi connectivity index (χ0n) is 15.8. The van der Waals surface area contributed by atoms with Crippen molar-refractivity contribution in [1.29, 1.82) is 0 Å². The minimum absolute atomic E-state index is 0.0115. The molecule has 8 nitrogen and oxygen atoms in total. The lowest BCUT2D eigenvalue weighted by Gasteiger charge is -2.38. The summed E-state index contributed by atoms with van der Waals surface area (Å²) in [5, 5.41) is 1.99. The smallest absolute Gasteiger partial charge is 0.410 e. The monoisotopic (exact) mass is 392 g/mol. The van der Waals surface area contributed by atoms with Crippen molar-refractivity contribution in [2.24, 2.45) is 5.84 Å². The highest BCUT2D eigenvalue weighted by Crippen LogP contribution is 2.32. The second kappa shape index (κ2) is 7.36. The highest BCUT2D eigenvalue weighted by Gasteiger charge is 2.30. The summed E-state index contributed by atoms with van der Waals surface area (Å²) >= 11 is 6.04. The molecular weight excluding hydrogens is 368 g/mol. The van der Waals surface area contributed by atoms with Gasteiger partial charge in [0.2, 0.25) is 0 Å². The van der Waals surface area contributed by atoms with Gasteiger partial charge in [-0.1, -0.05) is 11.6 Å². The molecule has 1 saturated heterocycles. The number of ether oxygens (including phenoxy) is 1. The van der Waals surface area contributed by atoms with Crippen molar-refractivity contribution in [3.8, 4) is 0 Å². The number of anilines is 2. The van der Waals surface area contributed by atoms with Gasteiger partial charge in [0.05, 0.1) is 17.4 Å². The molecule has 1 aliphatic heterocycles. The first-order valence-corrected chi connectivity index (χ1v) is 9.26. The summed E-state index contributed by atoms with van der Waals surface area (Å²) in [6.07, 6.45) is 2.66. The van der Waals surface area contributed by atoms with Gasteiger partial charge in [-0.15, -0.1) is 0 Å². The first-order chi connectivity index (χ1) is 12.7. The van der Waals surface area contributed by atoms with Crippen LogP contribution in [-0.2, 0) is 4.74 Å². The highest BCUT2D eigenvalue weighted by atomic mass is 35.5. The predicted molar refractivity (Wildman–Crippen MR) is 106 cm³/mol. The van der Waals surface area contributed by atoms with E-state index in [-0.39, 0.29) is 12.1 Å². The maximum absolute atomic E-state index is 12.2. The molecule has 146 valence electrons. The Bertz CT molecular complexity index is 840. The fraction of sp³-hybridized carbons (Fsp3) is 0.500. The van der Waals surface area contributed by atoms with E-state index in [1.807, 2.05) is 20.8 Å². The molecule has 27 heavy (non-hydrogen) atoms. The van der Waals surface area contributed by atoms with Crippen LogP contribution in [0.4, 0.5) is 16.2 Å². The van der Waals surface area contributed by atoms with Crippen LogP contribution in [0.3, 0.4) is 0 Å². The molecule has 0 spiro atoms. The average molecular weight is 393 g/mol. The van der Waals surface area contributed by atoms with E-state index < -0.39 is 5.60 Å². The second-order valence-electron chi connectivity index (χ2n) is 7.67. The van der Waals surface area contributed by atoms with Crippen LogP contribution in [0.25, 0.3) is 11.0 Å². The zero-order valence-corrected chi connectivity index (χ0v) is 16.5. The van der Waals surface area contributed by atoms with Crippen molar-refractivity contribution in [3.63, 3.8) is 0 Å². The minimum Gasteiger partial charge on any atom is -0.444 e. The number of pyridine rings is 2. The van der Waals surface area contributed by atoms with Crippen LogP contribution in [0.15, 0.2) is 18.3 Å². The van der Waals surface area contributed by atoms with E-state index in [1.165, 1.54) is 0 Å². The summed E-state index contributed by atoms with van der Waals surface area (Å²) in [5.41, 5.74) is 7.92. The average Bonchev–Trinajstić information content (AvgIpc) is 2.59. The maximum atomic E-state index is 12.2. The Balaban J connectivity index is 1.76. The molecule has 9 heteroatoms. The van der Waals surface area contributed by atoms with Crippen LogP contribution in [0.2, 0.25) is 5.15 Å². The Morgan fingerprint density at radius 3 is 2.63 bits per heavy atom. The van der Waals surface area contributed by atoms with Gasteiger partial charge >= 0.3 is 6.09 Å². The molecule has 1 aliphatic rings. The molecule has 1 amide bonds. The molecule has 0 aliphatic carbocycles. The van der Waals surface area contributed by atoms with Gasteiger partial charge in [0, 0.05) is 19.1 Å². The van der Waals surface area contributed by atoms with Gasteiger partial charge in [0.25, 0.3) is 0 Å². The van der Waals surface area contributed by atoms with Crippen LogP contribution in [0, 0.1) is 0 Å². The Morgan fingerprint density at radius 2 is 2.00 bits per heavy atom. The van der Waals surface area contributed by atoms with Crippen molar-refractivity contribution in [2.75, 3.05) is 23.8 Å². The van der Waals surface area contributed by atoms with E-state index in [1.54, 1.807) is 28.2 Å². The summed E-state index contributed by atoms with van der Waals surface area (Å²) in [6.45, 7) is 6.69. The number of halogens is 1. The molecule has 0 radical (unpaired) electrons. The summed E-state index contributed by atoms with van der Waals surface area (Å²) in [7, 11) is 0. The molecule has 0 bridgehead atoms. The standard InChI is InChI=1S/C18H25ClN6O2/c1-18(2,3)27-17(26)24-8-6-11(7-9-24)25(21)16-12(20)10-22-13-4-5-14(19)23-15(13)16/h4-5,10-11H,6-9,20-21H2,1-3H3. The zero-order chi connectivity index (χ0) is 19.8. The Hall–Kier alpha value is -2.32. The van der Waals surface area contributed by atoms with Crippen LogP contribution in [-0.4, -0.2) is 45.7 Å². The Morgan fingerprint density at radius 1 is 1.33 bits per heavy atom. The number of hydrogen-bond donors (Lipinski definition) is 2. The van der Waals surface area contributed by atoms with Crippen LogP contribution < -0.4 is 16.6 Å². The van der Waals surface area contributed by atoms with Crippen molar-refractivity contribution in [3.05, 3.63) is 23.5 Å². The fourth-order valence-electron chi connectivity index (χ4n) is 3.15. The third kappa shape index (κ3) is 4.33. The number of carbonyl (C=O) groups excluding carboxylic acids is 1. The van der Waals surface area contributed by atoms with Gasteiger partial charge in [-0.25, -0.2) is 15.6 Å². The maximum Gasteiger partial charge on any atom is 0.410 e. The SMILES string of the molecule is CC(C)(C)OC(=O)N1CCC(N(N)c2c(N)cnc3ccc(Cl)nc23)CC1. The molecule has 4 N–H and O–H groups in total. The van der Waals surface area contributed by atoms with Gasteiger partial charge in [-0.3, -0.25) is 4.98 Å². The van der Waals surface area contributed by atoms with Crippen LogP contribution >= 0.6 is 11.6 Å². The van der Waals surface area contributed by atoms with Crippen LogP contribution in [0.1, 0.15) is 33.6 Å². The number of piperidine rings is 1. The molecule has 0 saturated carbocycles. The minimum atomic E-state index is -0.511. The molecule has 2 aromatic rings. The third-order valence-corrected chi connectivity index (χ3v) is 4.66. The molecule has 0 aromatic carbocycles. The first-order valence-electron chi connectivity index (χ1n) is 8.88. The Kier molecular flexibility index (Phi) is 5.30. The van der Waals surface area contributed by atoms with Crippen molar-refractivity contribution in [2.45, 2.75) is 45.3 Å². The number of carbonyl (C=O) groups is 1. The van der Waals surface area contributed by atoms with Gasteiger partial charge in [-0.2, -0.15) is 0 Å². The summed E-state index contributed by atoms with van der Waals surface area (Å²) in [4.78, 5) is 22.6. The number of hydrazine groups is 1. The number of amides is 1. The van der Waals surface area contributed by atoms with Gasteiger partial charge < -0.3 is 20.4 Å². The fourth-order valence-corrected chi connectivity index (χ4v) is 3.30. The number of aromatic nitrogens is 2. The van der Waals surface area contributed by atoms with E-state index >= 15 is 0 Å². The summed E-state index contributed by atoms with van der Waals surface area (Å²) in [5.74, 6) is 6.42. The molecule has 3 heterocycles. The molecule has 0 unspecified atom stereocenters. The normalized spacial score (nSPS) is 15.8. The number of rotatable bonds is 2. The van der Waals surface area contributed by atoms with Crippen molar-refractivity contribution in [1.82, 2.24) is 14.9 Å². The van der Waals surface area contributed by atoms with Crippen molar-refractivity contribution >= 4 is 40.1 Å². The van der Waals surface area contributed by atoms with Crippen molar-refractivity contribution < 1.29 is 9.53 Å². The van der Waals surface area contributed by atoms with E-state index in [0.717, 1.165) is 0 Å². The molecule has 0 atom stereocenters. The van der Waals surface area contributed by atoms with E-state index in [0.29, 0.717) is 53.5 Å². The van der Waals surface area contributed by atoms with Gasteiger partial charge in [0.15, 0.2) is 0 Å². The topological polar surface area (TPSA) is 111 Å². The predicted octanol–water partition coefficient (Wildman–Crippen LogP) is 2.95. The summed E-state index contributed by atoms with van der Waals surface area (Å²) in [6, 6.07) is 3.47. The van der Waals surface area contributed by atoms with Gasteiger partial charge in [-0.05, 0) is 45.7 Å². The number of nitrogen functional groups attached to an aromatic ring is 1. The molecule has 2 aromatic heterocycles. The second-order valence-corrected chi connectivity index (χ2v) is 8.06. The molecule has 1 fully saturated rings. The molecular formula is C18H25ClN6O2. The summed E-state index contributed by atoms with van der Waals surface area (Å²) < 4.78 is 5.44. The van der Waals surface area contributed by atoms with E-state index in [9.17, 15) is 4.79 Å². The lowest BCUT2D eigenvalue weighted by atomic mass is 10.0. The number of hydrogen-bond acceptors (Lipinski definition) is 7. The lowest BCUT2D eigenvalue weighted by Crippen LogP contribution is -2.50. The Labute approximate surface area is 163 Å². The highest BCUT2D eigenvalue weighted by molar-refractivity contribution is 6.29. The number of likely N-dealkylation sites (tertiary alicyclic amines) is 1. The van der Waals surface area contributed by atoms with Crippen LogP contribution in [0.5, 0.6) is 0 Å². The lowest BCUT2D eigenvalue weighted by molar-refractivity contribution is 0.0204. The van der Waals surface area contributed by atoms with E-state index in [2.05, 4.69) is 9.97 Å². The first kappa shape index (κ1) is 19.4. The largest absolute Gasteiger partial charge is 0.444 e. The number of nitrogens with zero attached hydrogens (tertiary/aromatic N) is 4. The molecule has 3 rings (SSSR count). The third-order valence-electron chi connectivity index (χ3n) is 4.45. The number of fused-ring (bicyclic) bond motifs is 1. The van der Waals surface area contributed by atoms with Gasteiger partial charge in [0.1, 0.15) is 22.0 Å². The van der Waals surface area contributed by atoms with E-state index in [4.69, 9.17) is 27.9 Å².